The maximum atomic E-state index is 12.7. The molecule has 0 atom stereocenters. The zero-order valence-corrected chi connectivity index (χ0v) is 16.4. The van der Waals surface area contributed by atoms with Gasteiger partial charge in [-0.3, -0.25) is 9.59 Å². The van der Waals surface area contributed by atoms with Crippen LogP contribution in [0, 0.1) is 0 Å². The molecular formula is C22H21N3O4. The number of pyridine rings is 1. The predicted molar refractivity (Wildman–Crippen MR) is 111 cm³/mol. The minimum Gasteiger partial charge on any atom is -0.497 e. The third kappa shape index (κ3) is 4.90. The van der Waals surface area contributed by atoms with Crippen molar-refractivity contribution < 1.29 is 19.1 Å². The van der Waals surface area contributed by atoms with Gasteiger partial charge in [-0.15, -0.1) is 0 Å². The summed E-state index contributed by atoms with van der Waals surface area (Å²) in [6.45, 7) is 1.51. The van der Waals surface area contributed by atoms with Crippen molar-refractivity contribution in [1.29, 1.82) is 0 Å². The third-order valence-electron chi connectivity index (χ3n) is 4.22. The average molecular weight is 391 g/mol. The molecule has 0 bridgehead atoms. The molecule has 0 unspecified atom stereocenters. The Morgan fingerprint density at radius 3 is 2.48 bits per heavy atom. The van der Waals surface area contributed by atoms with Crippen molar-refractivity contribution in [3.63, 3.8) is 0 Å². The van der Waals surface area contributed by atoms with Gasteiger partial charge in [-0.1, -0.05) is 12.1 Å². The second-order valence-electron chi connectivity index (χ2n) is 6.21. The number of anilines is 3. The number of rotatable bonds is 7. The second kappa shape index (κ2) is 8.88. The van der Waals surface area contributed by atoms with Crippen LogP contribution in [0.2, 0.25) is 0 Å². The first-order valence-corrected chi connectivity index (χ1v) is 8.87. The van der Waals surface area contributed by atoms with Crippen molar-refractivity contribution in [2.24, 2.45) is 0 Å². The lowest BCUT2D eigenvalue weighted by molar-refractivity contribution is 0.101. The Bertz CT molecular complexity index is 1050. The minimum absolute atomic E-state index is 0.0248. The first-order chi connectivity index (χ1) is 14.0. The van der Waals surface area contributed by atoms with Gasteiger partial charge in [-0.05, 0) is 43.3 Å². The Morgan fingerprint density at radius 1 is 0.931 bits per heavy atom. The monoisotopic (exact) mass is 391 g/mol. The standard InChI is InChI=1S/C22H21N3O4/c1-14(26)15-5-4-6-17(11-15)24-21-12-16(9-10-23-21)22(27)25-19-8-7-18(28-2)13-20(19)29-3/h4-13H,1-3H3,(H,23,24)(H,25,27). The van der Waals surface area contributed by atoms with Crippen LogP contribution in [0.3, 0.4) is 0 Å². The number of hydrogen-bond donors (Lipinski definition) is 2. The zero-order valence-electron chi connectivity index (χ0n) is 16.4. The van der Waals surface area contributed by atoms with Gasteiger partial charge in [0.15, 0.2) is 5.78 Å². The summed E-state index contributed by atoms with van der Waals surface area (Å²) in [5.74, 6) is 1.27. The van der Waals surface area contributed by atoms with Crippen LogP contribution in [0.25, 0.3) is 0 Å². The van der Waals surface area contributed by atoms with Crippen molar-refractivity contribution in [2.45, 2.75) is 6.92 Å². The SMILES string of the molecule is COc1ccc(NC(=O)c2ccnc(Nc3cccc(C(C)=O)c3)c2)c(OC)c1. The van der Waals surface area contributed by atoms with Gasteiger partial charge in [0.1, 0.15) is 17.3 Å². The van der Waals surface area contributed by atoms with Gasteiger partial charge in [0.2, 0.25) is 0 Å². The highest BCUT2D eigenvalue weighted by Gasteiger charge is 2.12. The quantitative estimate of drug-likeness (QED) is 0.584. The van der Waals surface area contributed by atoms with E-state index >= 15 is 0 Å². The predicted octanol–water partition coefficient (Wildman–Crippen LogP) is 4.30. The molecule has 0 saturated heterocycles. The highest BCUT2D eigenvalue weighted by atomic mass is 16.5. The van der Waals surface area contributed by atoms with E-state index in [1.807, 2.05) is 6.07 Å². The molecule has 0 spiro atoms. The maximum Gasteiger partial charge on any atom is 0.255 e. The van der Waals surface area contributed by atoms with Gasteiger partial charge in [0.25, 0.3) is 5.91 Å². The largest absolute Gasteiger partial charge is 0.497 e. The summed E-state index contributed by atoms with van der Waals surface area (Å²) in [5.41, 5.74) is 2.25. The van der Waals surface area contributed by atoms with E-state index in [4.69, 9.17) is 9.47 Å². The number of Topliss-reactive ketones (excluding diaryl/α,β-unsaturated/α-hetero) is 1. The van der Waals surface area contributed by atoms with Crippen LogP contribution >= 0.6 is 0 Å². The number of nitrogens with one attached hydrogen (secondary N) is 2. The Hall–Kier alpha value is -3.87. The molecule has 3 aromatic rings. The Labute approximate surface area is 168 Å². The molecular weight excluding hydrogens is 370 g/mol. The van der Waals surface area contributed by atoms with Gasteiger partial charge < -0.3 is 20.1 Å². The number of nitrogens with zero attached hydrogens (tertiary/aromatic N) is 1. The number of amides is 1. The Kier molecular flexibility index (Phi) is 6.09. The lowest BCUT2D eigenvalue weighted by atomic mass is 10.1. The van der Waals surface area contributed by atoms with Crippen LogP contribution in [0.15, 0.2) is 60.8 Å². The maximum absolute atomic E-state index is 12.7. The molecule has 7 nitrogen and oxygen atoms in total. The van der Waals surface area contributed by atoms with Crippen LogP contribution in [0.5, 0.6) is 11.5 Å². The number of ether oxygens (including phenoxy) is 2. The van der Waals surface area contributed by atoms with E-state index in [0.29, 0.717) is 39.8 Å². The molecule has 0 aliphatic rings. The molecule has 148 valence electrons. The van der Waals surface area contributed by atoms with Gasteiger partial charge in [0, 0.05) is 29.1 Å². The van der Waals surface area contributed by atoms with Gasteiger partial charge in [-0.25, -0.2) is 4.98 Å². The molecule has 0 fully saturated rings. The molecule has 0 aliphatic carbocycles. The molecule has 1 amide bonds. The number of benzene rings is 2. The average Bonchev–Trinajstić information content (AvgIpc) is 2.74. The highest BCUT2D eigenvalue weighted by molar-refractivity contribution is 6.05. The summed E-state index contributed by atoms with van der Waals surface area (Å²) in [4.78, 5) is 28.5. The van der Waals surface area contributed by atoms with Gasteiger partial charge >= 0.3 is 0 Å². The first-order valence-electron chi connectivity index (χ1n) is 8.87. The molecule has 2 aromatic carbocycles. The van der Waals surface area contributed by atoms with E-state index in [9.17, 15) is 9.59 Å². The normalized spacial score (nSPS) is 10.2. The molecule has 7 heteroatoms. The van der Waals surface area contributed by atoms with Crippen molar-refractivity contribution in [3.8, 4) is 11.5 Å². The van der Waals surface area contributed by atoms with Crippen molar-refractivity contribution in [2.75, 3.05) is 24.9 Å². The fourth-order valence-electron chi connectivity index (χ4n) is 2.70. The lowest BCUT2D eigenvalue weighted by Crippen LogP contribution is -2.13. The fraction of sp³-hybridized carbons (Fsp3) is 0.136. The topological polar surface area (TPSA) is 89.5 Å². The summed E-state index contributed by atoms with van der Waals surface area (Å²) in [6, 6.07) is 15.5. The van der Waals surface area contributed by atoms with E-state index in [2.05, 4.69) is 15.6 Å². The number of hydrogen-bond acceptors (Lipinski definition) is 6. The number of aromatic nitrogens is 1. The molecule has 0 radical (unpaired) electrons. The van der Waals surface area contributed by atoms with Crippen molar-refractivity contribution in [1.82, 2.24) is 4.98 Å². The smallest absolute Gasteiger partial charge is 0.255 e. The van der Waals surface area contributed by atoms with Gasteiger partial charge in [0.05, 0.1) is 19.9 Å². The molecule has 0 saturated carbocycles. The Balaban J connectivity index is 1.78. The molecule has 29 heavy (non-hydrogen) atoms. The fourth-order valence-corrected chi connectivity index (χ4v) is 2.70. The van der Waals surface area contributed by atoms with Crippen LogP contribution in [0.4, 0.5) is 17.2 Å². The number of ketones is 1. The molecule has 0 aliphatic heterocycles. The summed E-state index contributed by atoms with van der Waals surface area (Å²) in [6.07, 6.45) is 1.54. The summed E-state index contributed by atoms with van der Waals surface area (Å²) in [7, 11) is 3.08. The van der Waals surface area contributed by atoms with Crippen molar-refractivity contribution >= 4 is 28.9 Å². The van der Waals surface area contributed by atoms with Crippen molar-refractivity contribution in [3.05, 3.63) is 71.9 Å². The van der Waals surface area contributed by atoms with E-state index in [-0.39, 0.29) is 11.7 Å². The lowest BCUT2D eigenvalue weighted by Gasteiger charge is -2.12. The van der Waals surface area contributed by atoms with E-state index in [0.717, 1.165) is 0 Å². The van der Waals surface area contributed by atoms with Crippen LogP contribution < -0.4 is 20.1 Å². The zero-order chi connectivity index (χ0) is 20.8. The number of carbonyl (C=O) groups excluding carboxylic acids is 2. The van der Waals surface area contributed by atoms with Crippen LogP contribution in [0.1, 0.15) is 27.6 Å². The third-order valence-corrected chi connectivity index (χ3v) is 4.22. The molecule has 1 heterocycles. The summed E-state index contributed by atoms with van der Waals surface area (Å²) >= 11 is 0. The summed E-state index contributed by atoms with van der Waals surface area (Å²) in [5, 5.41) is 5.94. The molecule has 1 aromatic heterocycles. The van der Waals surface area contributed by atoms with Crippen LogP contribution in [-0.2, 0) is 0 Å². The molecule has 2 N–H and O–H groups in total. The van der Waals surface area contributed by atoms with Gasteiger partial charge in [-0.2, -0.15) is 0 Å². The number of carbonyl (C=O) groups is 2. The van der Waals surface area contributed by atoms with E-state index in [1.54, 1.807) is 55.6 Å². The van der Waals surface area contributed by atoms with E-state index < -0.39 is 0 Å². The number of methoxy groups -OCH3 is 2. The summed E-state index contributed by atoms with van der Waals surface area (Å²) < 4.78 is 10.5. The Morgan fingerprint density at radius 2 is 1.76 bits per heavy atom. The van der Waals surface area contributed by atoms with Crippen LogP contribution in [-0.4, -0.2) is 30.9 Å². The van der Waals surface area contributed by atoms with E-state index in [1.165, 1.54) is 20.2 Å². The minimum atomic E-state index is -0.309. The highest BCUT2D eigenvalue weighted by Crippen LogP contribution is 2.29. The second-order valence-corrected chi connectivity index (χ2v) is 6.21. The molecule has 3 rings (SSSR count). The first kappa shape index (κ1) is 19.9.